The van der Waals surface area contributed by atoms with Gasteiger partial charge in [-0.2, -0.15) is 0 Å². The van der Waals surface area contributed by atoms with Gasteiger partial charge in [-0.25, -0.2) is 0 Å². The van der Waals surface area contributed by atoms with Crippen molar-refractivity contribution in [3.8, 4) is 0 Å². The summed E-state index contributed by atoms with van der Waals surface area (Å²) >= 11 is 7.12. The predicted molar refractivity (Wildman–Crippen MR) is 73.6 cm³/mol. The Morgan fingerprint density at radius 3 is 3.05 bits per heavy atom. The van der Waals surface area contributed by atoms with Crippen LogP contribution in [-0.4, -0.2) is 31.6 Å². The third-order valence-electron chi connectivity index (χ3n) is 2.61. The number of carboxylic acids is 1. The van der Waals surface area contributed by atoms with Crippen molar-refractivity contribution in [2.24, 2.45) is 0 Å². The number of thioether (sulfide) groups is 1. The van der Waals surface area contributed by atoms with Crippen LogP contribution in [0.15, 0.2) is 35.7 Å². The molecule has 1 aromatic heterocycles. The fourth-order valence-corrected chi connectivity index (χ4v) is 2.56. The van der Waals surface area contributed by atoms with Gasteiger partial charge in [-0.15, -0.1) is 10.2 Å². The number of nitrogens with zero attached hydrogens (tertiary/aromatic N) is 3. The van der Waals surface area contributed by atoms with Crippen LogP contribution in [0.2, 0.25) is 5.02 Å². The maximum Gasteiger partial charge on any atom is 0.313 e. The molecule has 1 atom stereocenters. The summed E-state index contributed by atoms with van der Waals surface area (Å²) in [6.07, 6.45) is 1.59. The van der Waals surface area contributed by atoms with Gasteiger partial charge in [0.2, 0.25) is 0 Å². The zero-order chi connectivity index (χ0) is 13.8. The van der Waals surface area contributed by atoms with Crippen molar-refractivity contribution in [2.75, 3.05) is 5.75 Å². The average molecular weight is 298 g/mol. The van der Waals surface area contributed by atoms with Crippen molar-refractivity contribution in [1.82, 2.24) is 14.8 Å². The quantitative estimate of drug-likeness (QED) is 0.859. The lowest BCUT2D eigenvalue weighted by atomic mass is 10.1. The zero-order valence-electron chi connectivity index (χ0n) is 10.2. The molecule has 0 aliphatic carbocycles. The van der Waals surface area contributed by atoms with Crippen LogP contribution in [0.5, 0.6) is 0 Å². The number of carbonyl (C=O) groups is 1. The second-order valence-electron chi connectivity index (χ2n) is 3.93. The summed E-state index contributed by atoms with van der Waals surface area (Å²) in [5.74, 6) is -0.920. The minimum Gasteiger partial charge on any atom is -0.481 e. The summed E-state index contributed by atoms with van der Waals surface area (Å²) in [7, 11) is 0. The maximum absolute atomic E-state index is 10.6. The monoisotopic (exact) mass is 297 g/mol. The molecule has 7 heteroatoms. The molecule has 0 bridgehead atoms. The molecule has 2 rings (SSSR count). The van der Waals surface area contributed by atoms with E-state index in [0.717, 1.165) is 17.3 Å². The minimum atomic E-state index is -0.880. The van der Waals surface area contributed by atoms with Gasteiger partial charge in [0.05, 0.1) is 11.8 Å². The fraction of sp³-hybridized carbons (Fsp3) is 0.250. The van der Waals surface area contributed by atoms with Crippen molar-refractivity contribution in [1.29, 1.82) is 0 Å². The molecule has 2 aromatic rings. The first-order valence-corrected chi connectivity index (χ1v) is 6.94. The zero-order valence-corrected chi connectivity index (χ0v) is 11.7. The second-order valence-corrected chi connectivity index (χ2v) is 5.31. The van der Waals surface area contributed by atoms with Gasteiger partial charge in [-0.05, 0) is 24.6 Å². The van der Waals surface area contributed by atoms with Crippen molar-refractivity contribution >= 4 is 29.3 Å². The largest absolute Gasteiger partial charge is 0.481 e. The lowest BCUT2D eigenvalue weighted by molar-refractivity contribution is -0.133. The lowest BCUT2D eigenvalue weighted by Crippen LogP contribution is -2.08. The van der Waals surface area contributed by atoms with Gasteiger partial charge in [0.1, 0.15) is 6.33 Å². The van der Waals surface area contributed by atoms with Crippen LogP contribution >= 0.6 is 23.4 Å². The molecule has 0 spiro atoms. The highest BCUT2D eigenvalue weighted by atomic mass is 35.5. The second kappa shape index (κ2) is 6.08. The lowest BCUT2D eigenvalue weighted by Gasteiger charge is -2.15. The Balaban J connectivity index is 2.22. The molecule has 0 fully saturated rings. The van der Waals surface area contributed by atoms with Crippen LogP contribution < -0.4 is 0 Å². The van der Waals surface area contributed by atoms with Crippen molar-refractivity contribution < 1.29 is 9.90 Å². The summed E-state index contributed by atoms with van der Waals surface area (Å²) < 4.78 is 1.83. The van der Waals surface area contributed by atoms with E-state index in [2.05, 4.69) is 10.2 Å². The first-order chi connectivity index (χ1) is 9.08. The standard InChI is InChI=1S/C12H12ClN3O2S/c1-8(9-3-2-4-10(13)5-9)16-7-14-15-12(16)19-6-11(17)18/h2-5,7-8H,6H2,1H3,(H,17,18). The van der Waals surface area contributed by atoms with Gasteiger partial charge in [-0.1, -0.05) is 35.5 Å². The SMILES string of the molecule is CC(c1cccc(Cl)c1)n1cnnc1SCC(=O)O. The Kier molecular flexibility index (Phi) is 4.44. The highest BCUT2D eigenvalue weighted by Gasteiger charge is 2.14. The molecular weight excluding hydrogens is 286 g/mol. The molecule has 0 saturated carbocycles. The smallest absolute Gasteiger partial charge is 0.313 e. The fourth-order valence-electron chi connectivity index (χ4n) is 1.65. The van der Waals surface area contributed by atoms with Gasteiger partial charge < -0.3 is 9.67 Å². The number of benzene rings is 1. The topological polar surface area (TPSA) is 68.0 Å². The van der Waals surface area contributed by atoms with E-state index in [1.54, 1.807) is 6.33 Å². The summed E-state index contributed by atoms with van der Waals surface area (Å²) in [5, 5.41) is 17.7. The van der Waals surface area contributed by atoms with Gasteiger partial charge in [0.15, 0.2) is 5.16 Å². The number of hydrogen-bond acceptors (Lipinski definition) is 4. The Hall–Kier alpha value is -1.53. The Morgan fingerprint density at radius 1 is 1.58 bits per heavy atom. The molecule has 0 amide bonds. The van der Waals surface area contributed by atoms with E-state index in [-0.39, 0.29) is 11.8 Å². The highest BCUT2D eigenvalue weighted by Crippen LogP contribution is 2.25. The van der Waals surface area contributed by atoms with Gasteiger partial charge in [-0.3, -0.25) is 4.79 Å². The number of aromatic nitrogens is 3. The number of halogens is 1. The van der Waals surface area contributed by atoms with Crippen molar-refractivity contribution in [3.63, 3.8) is 0 Å². The summed E-state index contributed by atoms with van der Waals surface area (Å²) in [5.41, 5.74) is 1.02. The molecular formula is C12H12ClN3O2S. The summed E-state index contributed by atoms with van der Waals surface area (Å²) in [6, 6.07) is 7.51. The van der Waals surface area contributed by atoms with Gasteiger partial charge in [0, 0.05) is 5.02 Å². The Bertz CT molecular complexity index is 588. The molecule has 0 aliphatic rings. The average Bonchev–Trinajstić information content (AvgIpc) is 2.83. The van der Waals surface area contributed by atoms with E-state index in [1.165, 1.54) is 0 Å². The van der Waals surface area contributed by atoms with Crippen LogP contribution in [0.3, 0.4) is 0 Å². The summed E-state index contributed by atoms with van der Waals surface area (Å²) in [6.45, 7) is 1.99. The highest BCUT2D eigenvalue weighted by molar-refractivity contribution is 7.99. The van der Waals surface area contributed by atoms with Crippen molar-refractivity contribution in [2.45, 2.75) is 18.1 Å². The molecule has 1 heterocycles. The molecule has 1 aromatic carbocycles. The molecule has 0 saturated heterocycles. The number of rotatable bonds is 5. The minimum absolute atomic E-state index is 0.00926. The molecule has 0 aliphatic heterocycles. The van der Waals surface area contributed by atoms with Crippen LogP contribution in [0.4, 0.5) is 0 Å². The third kappa shape index (κ3) is 3.48. The summed E-state index contributed by atoms with van der Waals surface area (Å²) in [4.78, 5) is 10.6. The van der Waals surface area contributed by atoms with E-state index in [0.29, 0.717) is 10.2 Å². The van der Waals surface area contributed by atoms with Crippen LogP contribution in [0.1, 0.15) is 18.5 Å². The van der Waals surface area contributed by atoms with E-state index < -0.39 is 5.97 Å². The first-order valence-electron chi connectivity index (χ1n) is 5.57. The van der Waals surface area contributed by atoms with E-state index in [1.807, 2.05) is 35.8 Å². The Morgan fingerprint density at radius 2 is 2.37 bits per heavy atom. The van der Waals surface area contributed by atoms with Crippen molar-refractivity contribution in [3.05, 3.63) is 41.2 Å². The van der Waals surface area contributed by atoms with E-state index >= 15 is 0 Å². The third-order valence-corrected chi connectivity index (χ3v) is 3.79. The first kappa shape index (κ1) is 13.9. The molecule has 1 unspecified atom stereocenters. The normalized spacial score (nSPS) is 12.3. The van der Waals surface area contributed by atoms with Crippen LogP contribution in [0, 0.1) is 0 Å². The van der Waals surface area contributed by atoms with E-state index in [9.17, 15) is 4.79 Å². The maximum atomic E-state index is 10.6. The van der Waals surface area contributed by atoms with Crippen LogP contribution in [-0.2, 0) is 4.79 Å². The molecule has 19 heavy (non-hydrogen) atoms. The van der Waals surface area contributed by atoms with Gasteiger partial charge in [0.25, 0.3) is 0 Å². The molecule has 0 radical (unpaired) electrons. The van der Waals surface area contributed by atoms with Gasteiger partial charge >= 0.3 is 5.97 Å². The molecule has 5 nitrogen and oxygen atoms in total. The molecule has 100 valence electrons. The van der Waals surface area contributed by atoms with E-state index in [4.69, 9.17) is 16.7 Å². The number of carboxylic acid groups (broad SMARTS) is 1. The number of aliphatic carboxylic acids is 1. The molecule has 1 N–H and O–H groups in total. The predicted octanol–water partition coefficient (Wildman–Crippen LogP) is 2.72. The number of hydrogen-bond donors (Lipinski definition) is 1. The van der Waals surface area contributed by atoms with Crippen LogP contribution in [0.25, 0.3) is 0 Å². The Labute approximate surface area is 119 Å².